The monoisotopic (exact) mass is 286 g/mol. The number of hydrogen-bond acceptors (Lipinski definition) is 5. The molecule has 1 fully saturated rings. The molecule has 1 unspecified atom stereocenters. The Labute approximate surface area is 125 Å². The van der Waals surface area contributed by atoms with Crippen LogP contribution in [0.5, 0.6) is 0 Å². The molecule has 0 saturated carbocycles. The van der Waals surface area contributed by atoms with E-state index < -0.39 is 0 Å². The number of aromatic nitrogens is 4. The van der Waals surface area contributed by atoms with Crippen molar-refractivity contribution in [3.63, 3.8) is 0 Å². The summed E-state index contributed by atoms with van der Waals surface area (Å²) in [7, 11) is 0. The zero-order chi connectivity index (χ0) is 14.5. The van der Waals surface area contributed by atoms with Crippen LogP contribution >= 0.6 is 0 Å². The summed E-state index contributed by atoms with van der Waals surface area (Å²) in [6.07, 6.45) is 7.84. The minimum atomic E-state index is 0.475. The molecule has 1 atom stereocenters. The van der Waals surface area contributed by atoms with Crippen molar-refractivity contribution in [2.45, 2.75) is 38.9 Å². The van der Waals surface area contributed by atoms with Crippen molar-refractivity contribution in [3.8, 4) is 0 Å². The van der Waals surface area contributed by atoms with Gasteiger partial charge in [0.2, 0.25) is 5.95 Å². The summed E-state index contributed by atoms with van der Waals surface area (Å²) in [5.74, 6) is 0.836. The highest BCUT2D eigenvalue weighted by Gasteiger charge is 2.21. The second-order valence-electron chi connectivity index (χ2n) is 5.35. The average molecular weight is 286 g/mol. The van der Waals surface area contributed by atoms with E-state index in [9.17, 15) is 0 Å². The standard InChI is InChI=1S/C15H22N6/c1-2-21-14(6-9-19-21)11-18-13-5-3-10-20(12-13)15-16-7-4-8-17-15/h4,6-9,13,18H,2-3,5,10-12H2,1H3. The summed E-state index contributed by atoms with van der Waals surface area (Å²) in [5.41, 5.74) is 1.24. The average Bonchev–Trinajstić information content (AvgIpc) is 3.01. The lowest BCUT2D eigenvalue weighted by atomic mass is 10.1. The van der Waals surface area contributed by atoms with Crippen LogP contribution in [0.2, 0.25) is 0 Å². The van der Waals surface area contributed by atoms with Gasteiger partial charge in [-0.1, -0.05) is 0 Å². The topological polar surface area (TPSA) is 58.9 Å². The van der Waals surface area contributed by atoms with Gasteiger partial charge in [0.15, 0.2) is 0 Å². The summed E-state index contributed by atoms with van der Waals surface area (Å²) in [6, 6.07) is 4.41. The second-order valence-corrected chi connectivity index (χ2v) is 5.35. The van der Waals surface area contributed by atoms with Crippen molar-refractivity contribution in [2.24, 2.45) is 0 Å². The van der Waals surface area contributed by atoms with E-state index in [4.69, 9.17) is 0 Å². The lowest BCUT2D eigenvalue weighted by Gasteiger charge is -2.33. The summed E-state index contributed by atoms with van der Waals surface area (Å²) in [6.45, 7) is 5.89. The minimum absolute atomic E-state index is 0.475. The molecule has 0 amide bonds. The molecule has 1 aliphatic rings. The van der Waals surface area contributed by atoms with Gasteiger partial charge in [0.25, 0.3) is 0 Å². The minimum Gasteiger partial charge on any atom is -0.339 e. The molecule has 112 valence electrons. The van der Waals surface area contributed by atoms with E-state index in [1.165, 1.54) is 18.5 Å². The SMILES string of the molecule is CCn1nccc1CNC1CCCN(c2ncccn2)C1. The molecule has 0 aliphatic carbocycles. The van der Waals surface area contributed by atoms with Crippen LogP contribution in [0.25, 0.3) is 0 Å². The molecule has 6 nitrogen and oxygen atoms in total. The molecule has 21 heavy (non-hydrogen) atoms. The third-order valence-corrected chi connectivity index (χ3v) is 3.93. The van der Waals surface area contributed by atoms with Crippen molar-refractivity contribution in [2.75, 3.05) is 18.0 Å². The van der Waals surface area contributed by atoms with E-state index >= 15 is 0 Å². The predicted octanol–water partition coefficient (Wildman–Crippen LogP) is 1.45. The molecule has 6 heteroatoms. The molecule has 2 aromatic heterocycles. The third-order valence-electron chi connectivity index (χ3n) is 3.93. The van der Waals surface area contributed by atoms with Crippen molar-refractivity contribution in [1.29, 1.82) is 0 Å². The Morgan fingerprint density at radius 2 is 2.14 bits per heavy atom. The van der Waals surface area contributed by atoms with E-state index in [-0.39, 0.29) is 0 Å². The Bertz CT molecular complexity index is 552. The van der Waals surface area contributed by atoms with Crippen LogP contribution in [-0.2, 0) is 13.1 Å². The first-order chi connectivity index (χ1) is 10.4. The van der Waals surface area contributed by atoms with Crippen molar-refractivity contribution >= 4 is 5.95 Å². The third kappa shape index (κ3) is 3.39. The first-order valence-corrected chi connectivity index (χ1v) is 7.63. The fourth-order valence-electron chi connectivity index (χ4n) is 2.82. The van der Waals surface area contributed by atoms with E-state index in [2.05, 4.69) is 38.3 Å². The molecular weight excluding hydrogens is 264 g/mol. The van der Waals surface area contributed by atoms with Crippen LogP contribution in [0.4, 0.5) is 5.95 Å². The smallest absolute Gasteiger partial charge is 0.225 e. The molecule has 1 N–H and O–H groups in total. The first-order valence-electron chi connectivity index (χ1n) is 7.63. The number of rotatable bonds is 5. The lowest BCUT2D eigenvalue weighted by molar-refractivity contribution is 0.411. The van der Waals surface area contributed by atoms with Crippen LogP contribution < -0.4 is 10.2 Å². The number of anilines is 1. The molecular formula is C15H22N6. The Balaban J connectivity index is 1.57. The number of piperidine rings is 1. The number of nitrogens with one attached hydrogen (secondary N) is 1. The molecule has 2 aromatic rings. The van der Waals surface area contributed by atoms with E-state index in [1.807, 2.05) is 16.9 Å². The van der Waals surface area contributed by atoms with Crippen LogP contribution in [0, 0.1) is 0 Å². The summed E-state index contributed by atoms with van der Waals surface area (Å²) < 4.78 is 2.04. The maximum Gasteiger partial charge on any atom is 0.225 e. The Hall–Kier alpha value is -1.95. The van der Waals surface area contributed by atoms with Crippen LogP contribution in [-0.4, -0.2) is 38.9 Å². The van der Waals surface area contributed by atoms with E-state index in [0.29, 0.717) is 6.04 Å². The van der Waals surface area contributed by atoms with Crippen LogP contribution in [0.1, 0.15) is 25.5 Å². The Kier molecular flexibility index (Phi) is 4.45. The van der Waals surface area contributed by atoms with Gasteiger partial charge in [0.1, 0.15) is 0 Å². The van der Waals surface area contributed by atoms with Crippen molar-refractivity contribution < 1.29 is 0 Å². The van der Waals surface area contributed by atoms with Crippen molar-refractivity contribution in [3.05, 3.63) is 36.4 Å². The predicted molar refractivity (Wildman–Crippen MR) is 82.0 cm³/mol. The molecule has 1 saturated heterocycles. The molecule has 0 bridgehead atoms. The molecule has 0 radical (unpaired) electrons. The second kappa shape index (κ2) is 6.67. The van der Waals surface area contributed by atoms with Crippen LogP contribution in [0.15, 0.2) is 30.7 Å². The van der Waals surface area contributed by atoms with E-state index in [0.717, 1.165) is 32.1 Å². The van der Waals surface area contributed by atoms with Gasteiger partial charge in [0.05, 0.1) is 5.69 Å². The normalized spacial score (nSPS) is 18.9. The number of hydrogen-bond donors (Lipinski definition) is 1. The van der Waals surface area contributed by atoms with Gasteiger partial charge in [0, 0.05) is 50.8 Å². The molecule has 0 aromatic carbocycles. The fraction of sp³-hybridized carbons (Fsp3) is 0.533. The van der Waals surface area contributed by atoms with Gasteiger partial charge < -0.3 is 10.2 Å². The van der Waals surface area contributed by atoms with E-state index in [1.54, 1.807) is 12.4 Å². The molecule has 0 spiro atoms. The number of aryl methyl sites for hydroxylation is 1. The van der Waals surface area contributed by atoms with Gasteiger partial charge in [-0.05, 0) is 31.9 Å². The maximum absolute atomic E-state index is 4.35. The summed E-state index contributed by atoms with van der Waals surface area (Å²) >= 11 is 0. The summed E-state index contributed by atoms with van der Waals surface area (Å²) in [4.78, 5) is 11.0. The van der Waals surface area contributed by atoms with Gasteiger partial charge >= 0.3 is 0 Å². The molecule has 1 aliphatic heterocycles. The zero-order valence-electron chi connectivity index (χ0n) is 12.4. The van der Waals surface area contributed by atoms with Gasteiger partial charge in [-0.25, -0.2) is 9.97 Å². The fourth-order valence-corrected chi connectivity index (χ4v) is 2.82. The summed E-state index contributed by atoms with van der Waals surface area (Å²) in [5, 5.41) is 7.95. The largest absolute Gasteiger partial charge is 0.339 e. The van der Waals surface area contributed by atoms with Gasteiger partial charge in [-0.2, -0.15) is 5.10 Å². The number of nitrogens with zero attached hydrogens (tertiary/aromatic N) is 5. The zero-order valence-corrected chi connectivity index (χ0v) is 12.4. The first kappa shape index (κ1) is 14.0. The Morgan fingerprint density at radius 1 is 1.29 bits per heavy atom. The highest BCUT2D eigenvalue weighted by Crippen LogP contribution is 2.15. The maximum atomic E-state index is 4.35. The van der Waals surface area contributed by atoms with Crippen molar-refractivity contribution in [1.82, 2.24) is 25.1 Å². The Morgan fingerprint density at radius 3 is 2.95 bits per heavy atom. The highest BCUT2D eigenvalue weighted by molar-refractivity contribution is 5.29. The van der Waals surface area contributed by atoms with Gasteiger partial charge in [-0.3, -0.25) is 4.68 Å². The molecule has 3 rings (SSSR count). The lowest BCUT2D eigenvalue weighted by Crippen LogP contribution is -2.46. The quantitative estimate of drug-likeness (QED) is 0.901. The van der Waals surface area contributed by atoms with Gasteiger partial charge in [-0.15, -0.1) is 0 Å². The molecule has 3 heterocycles. The highest BCUT2D eigenvalue weighted by atomic mass is 15.3. The van der Waals surface area contributed by atoms with Crippen LogP contribution in [0.3, 0.4) is 0 Å².